The first-order valence-corrected chi connectivity index (χ1v) is 10.9. The van der Waals surface area contributed by atoms with Crippen LogP contribution in [0.25, 0.3) is 0 Å². The lowest BCUT2D eigenvalue weighted by molar-refractivity contribution is -0.0531. The van der Waals surface area contributed by atoms with E-state index in [2.05, 4.69) is 13.8 Å². The second-order valence-electron chi connectivity index (χ2n) is 8.91. The molecule has 3 saturated carbocycles. The Labute approximate surface area is 144 Å². The molecular formula is C22H40O. The summed E-state index contributed by atoms with van der Waals surface area (Å²) in [5, 5.41) is 0. The van der Waals surface area contributed by atoms with E-state index in [9.17, 15) is 0 Å². The van der Waals surface area contributed by atoms with Crippen LogP contribution in [0.3, 0.4) is 0 Å². The van der Waals surface area contributed by atoms with E-state index in [-0.39, 0.29) is 0 Å². The van der Waals surface area contributed by atoms with Crippen LogP contribution >= 0.6 is 0 Å². The summed E-state index contributed by atoms with van der Waals surface area (Å²) in [6.45, 7) is 5.54. The van der Waals surface area contributed by atoms with Crippen molar-refractivity contribution in [2.75, 3.05) is 6.61 Å². The molecule has 0 heterocycles. The van der Waals surface area contributed by atoms with Gasteiger partial charge in [-0.25, -0.2) is 0 Å². The second kappa shape index (κ2) is 8.88. The Balaban J connectivity index is 1.47. The second-order valence-corrected chi connectivity index (χ2v) is 8.91. The maximum absolute atomic E-state index is 6.09. The monoisotopic (exact) mass is 320 g/mol. The quantitative estimate of drug-likeness (QED) is 0.480. The number of hydrogen-bond acceptors (Lipinski definition) is 1. The van der Waals surface area contributed by atoms with Crippen LogP contribution < -0.4 is 0 Å². The van der Waals surface area contributed by atoms with E-state index in [1.165, 1.54) is 64.2 Å². The van der Waals surface area contributed by atoms with E-state index in [4.69, 9.17) is 4.74 Å². The summed E-state index contributed by atoms with van der Waals surface area (Å²) < 4.78 is 6.09. The van der Waals surface area contributed by atoms with Gasteiger partial charge in [0.2, 0.25) is 0 Å². The van der Waals surface area contributed by atoms with Gasteiger partial charge in [0.15, 0.2) is 0 Å². The van der Waals surface area contributed by atoms with Gasteiger partial charge >= 0.3 is 0 Å². The van der Waals surface area contributed by atoms with E-state index in [0.29, 0.717) is 6.10 Å². The maximum atomic E-state index is 6.09. The van der Waals surface area contributed by atoms with Gasteiger partial charge in [0, 0.05) is 6.61 Å². The normalized spacial score (nSPS) is 40.4. The summed E-state index contributed by atoms with van der Waals surface area (Å²) >= 11 is 0. The van der Waals surface area contributed by atoms with Crippen LogP contribution in [0.4, 0.5) is 0 Å². The number of hydrogen-bond donors (Lipinski definition) is 0. The molecular weight excluding hydrogens is 280 g/mol. The lowest BCUT2D eigenvalue weighted by Crippen LogP contribution is -2.42. The third kappa shape index (κ3) is 4.53. The van der Waals surface area contributed by atoms with E-state index < -0.39 is 0 Å². The van der Waals surface area contributed by atoms with E-state index in [1.807, 2.05) is 0 Å². The Morgan fingerprint density at radius 3 is 2.22 bits per heavy atom. The predicted molar refractivity (Wildman–Crippen MR) is 98.6 cm³/mol. The molecule has 4 unspecified atom stereocenters. The van der Waals surface area contributed by atoms with Gasteiger partial charge in [0.05, 0.1) is 6.10 Å². The Morgan fingerprint density at radius 2 is 1.48 bits per heavy atom. The molecule has 23 heavy (non-hydrogen) atoms. The van der Waals surface area contributed by atoms with Crippen molar-refractivity contribution >= 4 is 0 Å². The van der Waals surface area contributed by atoms with Crippen molar-refractivity contribution < 1.29 is 4.74 Å². The Kier molecular flexibility index (Phi) is 6.86. The number of ether oxygens (including phenoxy) is 1. The molecule has 1 nitrogen and oxygen atoms in total. The van der Waals surface area contributed by atoms with Gasteiger partial charge in [0.1, 0.15) is 0 Å². The highest BCUT2D eigenvalue weighted by atomic mass is 16.5. The zero-order chi connectivity index (χ0) is 16.1. The zero-order valence-corrected chi connectivity index (χ0v) is 15.8. The molecule has 3 aliphatic rings. The van der Waals surface area contributed by atoms with Crippen molar-refractivity contribution in [2.45, 2.75) is 103 Å². The molecule has 0 bridgehead atoms. The van der Waals surface area contributed by atoms with Crippen LogP contribution in [0.15, 0.2) is 0 Å². The SMILES string of the molecule is CCCCC[C@@H]1CCC2C(CCC3C[C@H](OCCC)CCC32)C1. The van der Waals surface area contributed by atoms with Crippen LogP contribution in [-0.4, -0.2) is 12.7 Å². The molecule has 0 saturated heterocycles. The van der Waals surface area contributed by atoms with Crippen molar-refractivity contribution in [1.82, 2.24) is 0 Å². The van der Waals surface area contributed by atoms with Crippen LogP contribution in [0.2, 0.25) is 0 Å². The van der Waals surface area contributed by atoms with Crippen LogP contribution in [-0.2, 0) is 4.74 Å². The highest BCUT2D eigenvalue weighted by Crippen LogP contribution is 2.53. The van der Waals surface area contributed by atoms with Gasteiger partial charge in [-0.3, -0.25) is 0 Å². The molecule has 0 aliphatic heterocycles. The van der Waals surface area contributed by atoms with Crippen molar-refractivity contribution in [1.29, 1.82) is 0 Å². The number of rotatable bonds is 7. The average Bonchev–Trinajstić information content (AvgIpc) is 2.59. The summed E-state index contributed by atoms with van der Waals surface area (Å²) in [7, 11) is 0. The maximum Gasteiger partial charge on any atom is 0.0578 e. The molecule has 3 rings (SSSR count). The molecule has 1 heteroatoms. The smallest absolute Gasteiger partial charge is 0.0578 e. The Morgan fingerprint density at radius 1 is 0.739 bits per heavy atom. The predicted octanol–water partition coefficient (Wildman–Crippen LogP) is 6.60. The van der Waals surface area contributed by atoms with Gasteiger partial charge in [-0.1, -0.05) is 46.0 Å². The van der Waals surface area contributed by atoms with Crippen molar-refractivity contribution in [3.05, 3.63) is 0 Å². The highest BCUT2D eigenvalue weighted by Gasteiger charge is 2.44. The van der Waals surface area contributed by atoms with Crippen LogP contribution in [0.5, 0.6) is 0 Å². The van der Waals surface area contributed by atoms with Crippen LogP contribution in [0, 0.1) is 29.6 Å². The van der Waals surface area contributed by atoms with E-state index in [1.54, 1.807) is 19.3 Å². The third-order valence-electron chi connectivity index (χ3n) is 7.37. The molecule has 0 amide bonds. The molecule has 0 aromatic heterocycles. The fourth-order valence-electron chi connectivity index (χ4n) is 6.23. The van der Waals surface area contributed by atoms with Gasteiger partial charge in [-0.15, -0.1) is 0 Å². The van der Waals surface area contributed by atoms with E-state index >= 15 is 0 Å². The zero-order valence-electron chi connectivity index (χ0n) is 15.8. The summed E-state index contributed by atoms with van der Waals surface area (Å²) in [5.74, 6) is 5.31. The number of unbranched alkanes of at least 4 members (excludes halogenated alkanes) is 2. The lowest BCUT2D eigenvalue weighted by atomic mass is 9.56. The van der Waals surface area contributed by atoms with Gasteiger partial charge in [0.25, 0.3) is 0 Å². The van der Waals surface area contributed by atoms with Gasteiger partial charge < -0.3 is 4.74 Å². The topological polar surface area (TPSA) is 9.23 Å². The minimum absolute atomic E-state index is 0.595. The van der Waals surface area contributed by atoms with Gasteiger partial charge in [-0.2, -0.15) is 0 Å². The van der Waals surface area contributed by atoms with E-state index in [0.717, 1.165) is 36.2 Å². The molecule has 3 aliphatic carbocycles. The fourth-order valence-corrected chi connectivity index (χ4v) is 6.23. The average molecular weight is 321 g/mol. The lowest BCUT2D eigenvalue weighted by Gasteiger charge is -2.50. The molecule has 6 atom stereocenters. The molecule has 134 valence electrons. The first-order valence-electron chi connectivity index (χ1n) is 10.9. The van der Waals surface area contributed by atoms with Gasteiger partial charge in [-0.05, 0) is 81.0 Å². The molecule has 0 spiro atoms. The first kappa shape index (κ1) is 17.8. The van der Waals surface area contributed by atoms with Crippen molar-refractivity contribution in [3.63, 3.8) is 0 Å². The largest absolute Gasteiger partial charge is 0.378 e. The minimum Gasteiger partial charge on any atom is -0.378 e. The molecule has 0 aromatic carbocycles. The van der Waals surface area contributed by atoms with Crippen molar-refractivity contribution in [2.24, 2.45) is 29.6 Å². The Bertz CT molecular complexity index is 339. The molecule has 3 fully saturated rings. The number of fused-ring (bicyclic) bond motifs is 3. The molecule has 0 N–H and O–H groups in total. The summed E-state index contributed by atoms with van der Waals surface area (Å²) in [6, 6.07) is 0. The summed E-state index contributed by atoms with van der Waals surface area (Å²) in [4.78, 5) is 0. The fraction of sp³-hybridized carbons (Fsp3) is 1.00. The first-order chi connectivity index (χ1) is 11.3. The molecule has 0 radical (unpaired) electrons. The van der Waals surface area contributed by atoms with Crippen LogP contribution in [0.1, 0.15) is 97.3 Å². The van der Waals surface area contributed by atoms with Crippen molar-refractivity contribution in [3.8, 4) is 0 Å². The minimum atomic E-state index is 0.595. The molecule has 0 aromatic rings. The highest BCUT2D eigenvalue weighted by molar-refractivity contribution is 4.94. The third-order valence-corrected chi connectivity index (χ3v) is 7.37. The Hall–Kier alpha value is -0.0400. The standard InChI is InChI=1S/C22H40O/c1-3-5-6-7-17-8-12-21-18(15-17)9-10-19-16-20(23-14-4-2)11-13-22(19)21/h17-22H,3-16H2,1-2H3/t17-,18?,19?,20-,21?,22?/m1/s1. The summed E-state index contributed by atoms with van der Waals surface area (Å²) in [5.41, 5.74) is 0. The summed E-state index contributed by atoms with van der Waals surface area (Å²) in [6.07, 6.45) is 19.6.